The smallest absolute Gasteiger partial charge is 0.409 e. The molecule has 0 aliphatic carbocycles. The van der Waals surface area contributed by atoms with Gasteiger partial charge in [0, 0.05) is 43.7 Å². The van der Waals surface area contributed by atoms with Gasteiger partial charge in [0.2, 0.25) is 5.91 Å². The fraction of sp³-hybridized carbons (Fsp3) is 0.579. The number of nitrogens with one attached hydrogen (secondary N) is 1. The molecular weight excluding hydrogens is 421 g/mol. The van der Waals surface area contributed by atoms with Gasteiger partial charge in [-0.15, -0.1) is 0 Å². The second-order valence-electron chi connectivity index (χ2n) is 7.67. The summed E-state index contributed by atoms with van der Waals surface area (Å²) in [6.07, 6.45) is -5.20. The molecule has 1 aromatic carbocycles. The van der Waals surface area contributed by atoms with Crippen molar-refractivity contribution >= 4 is 17.7 Å². The summed E-state index contributed by atoms with van der Waals surface area (Å²) in [5.74, 6) is -1.51. The Hall–Kier alpha value is -2.89. The largest absolute Gasteiger partial charge is 0.453 e. The monoisotopic (exact) mass is 444 g/mol. The standard InChI is InChI=1S/C19H23F3N4O5/c1-11-9-12(3-4-15(11)26(29)30)13-10-14(23-16(13)19(20,21)22)17(27)24-5-7-25(8-6-24)18(28)31-2/h3-4,9,13-14,16,23H,5-8,10H2,1-2H3/t13?,14-,16+/m0/s1. The van der Waals surface area contributed by atoms with Gasteiger partial charge < -0.3 is 14.5 Å². The molecule has 2 saturated heterocycles. The first-order chi connectivity index (χ1) is 14.5. The van der Waals surface area contributed by atoms with Crippen LogP contribution in [0.3, 0.4) is 0 Å². The van der Waals surface area contributed by atoms with Gasteiger partial charge in [0.05, 0.1) is 18.1 Å². The van der Waals surface area contributed by atoms with E-state index in [1.165, 1.54) is 42.0 Å². The Morgan fingerprint density at radius 1 is 1.19 bits per heavy atom. The number of carbonyl (C=O) groups is 2. The van der Waals surface area contributed by atoms with Crippen molar-refractivity contribution in [1.29, 1.82) is 0 Å². The molecule has 0 saturated carbocycles. The SMILES string of the molecule is COC(=O)N1CCN(C(=O)[C@@H]2CC(c3ccc([N+](=O)[O-])c(C)c3)[C@H](C(F)(F)F)N2)CC1. The summed E-state index contributed by atoms with van der Waals surface area (Å²) < 4.78 is 45.8. The summed E-state index contributed by atoms with van der Waals surface area (Å²) in [5.41, 5.74) is 0.384. The van der Waals surface area contributed by atoms with Gasteiger partial charge in [-0.25, -0.2) is 4.79 Å². The van der Waals surface area contributed by atoms with E-state index in [1.807, 2.05) is 0 Å². The lowest BCUT2D eigenvalue weighted by molar-refractivity contribution is -0.385. The molecule has 1 N–H and O–H groups in total. The number of halogens is 3. The molecule has 9 nitrogen and oxygen atoms in total. The summed E-state index contributed by atoms with van der Waals surface area (Å²) in [4.78, 5) is 37.7. The Morgan fingerprint density at radius 2 is 1.81 bits per heavy atom. The Morgan fingerprint density at radius 3 is 2.32 bits per heavy atom. The number of aryl methyl sites for hydroxylation is 1. The fourth-order valence-corrected chi connectivity index (χ4v) is 4.19. The third-order valence-electron chi connectivity index (χ3n) is 5.79. The molecule has 1 aromatic rings. The van der Waals surface area contributed by atoms with E-state index < -0.39 is 41.1 Å². The minimum absolute atomic E-state index is 0.0858. The van der Waals surface area contributed by atoms with E-state index in [9.17, 15) is 32.9 Å². The highest BCUT2D eigenvalue weighted by Gasteiger charge is 2.52. The molecule has 0 spiro atoms. The van der Waals surface area contributed by atoms with Crippen molar-refractivity contribution in [2.24, 2.45) is 0 Å². The maximum atomic E-state index is 13.7. The second-order valence-corrected chi connectivity index (χ2v) is 7.67. The summed E-state index contributed by atoms with van der Waals surface area (Å²) >= 11 is 0. The Labute approximate surface area is 176 Å². The lowest BCUT2D eigenvalue weighted by Crippen LogP contribution is -2.55. The highest BCUT2D eigenvalue weighted by Crippen LogP contribution is 2.40. The summed E-state index contributed by atoms with van der Waals surface area (Å²) in [6, 6.07) is 0.901. The number of carbonyl (C=O) groups excluding carboxylic acids is 2. The number of hydrogen-bond acceptors (Lipinski definition) is 6. The zero-order chi connectivity index (χ0) is 22.9. The van der Waals surface area contributed by atoms with Crippen LogP contribution in [-0.4, -0.2) is 78.3 Å². The van der Waals surface area contributed by atoms with Gasteiger partial charge in [0.15, 0.2) is 0 Å². The van der Waals surface area contributed by atoms with E-state index in [2.05, 4.69) is 10.1 Å². The van der Waals surface area contributed by atoms with Crippen molar-refractivity contribution in [3.05, 3.63) is 39.4 Å². The van der Waals surface area contributed by atoms with E-state index in [1.54, 1.807) is 0 Å². The molecule has 1 unspecified atom stereocenters. The first-order valence-electron chi connectivity index (χ1n) is 9.72. The average Bonchev–Trinajstić information content (AvgIpc) is 3.18. The van der Waals surface area contributed by atoms with Gasteiger partial charge in [-0.3, -0.25) is 20.2 Å². The molecule has 31 heavy (non-hydrogen) atoms. The lowest BCUT2D eigenvalue weighted by Gasteiger charge is -2.35. The Kier molecular flexibility index (Phi) is 6.39. The molecule has 2 aliphatic heterocycles. The molecule has 2 aliphatic rings. The van der Waals surface area contributed by atoms with E-state index in [-0.39, 0.29) is 43.9 Å². The third kappa shape index (κ3) is 4.73. The molecular formula is C19H23F3N4O5. The van der Waals surface area contributed by atoms with Crippen LogP contribution in [0.4, 0.5) is 23.7 Å². The van der Waals surface area contributed by atoms with Crippen LogP contribution in [0.25, 0.3) is 0 Å². The van der Waals surface area contributed by atoms with Crippen LogP contribution >= 0.6 is 0 Å². The van der Waals surface area contributed by atoms with Crippen LogP contribution in [0.15, 0.2) is 18.2 Å². The molecule has 2 heterocycles. The molecule has 12 heteroatoms. The van der Waals surface area contributed by atoms with Crippen molar-refractivity contribution in [3.8, 4) is 0 Å². The van der Waals surface area contributed by atoms with Gasteiger partial charge in [0.25, 0.3) is 5.69 Å². The lowest BCUT2D eigenvalue weighted by atomic mass is 9.89. The zero-order valence-electron chi connectivity index (χ0n) is 17.0. The average molecular weight is 444 g/mol. The van der Waals surface area contributed by atoms with Crippen molar-refractivity contribution in [2.75, 3.05) is 33.3 Å². The number of hydrogen-bond donors (Lipinski definition) is 1. The number of nitro groups is 1. The van der Waals surface area contributed by atoms with Crippen molar-refractivity contribution in [1.82, 2.24) is 15.1 Å². The van der Waals surface area contributed by atoms with Crippen LogP contribution in [0.1, 0.15) is 23.5 Å². The first kappa shape index (κ1) is 22.8. The van der Waals surface area contributed by atoms with Crippen molar-refractivity contribution < 1.29 is 32.4 Å². The maximum Gasteiger partial charge on any atom is 0.409 e. The van der Waals surface area contributed by atoms with Gasteiger partial charge in [0.1, 0.15) is 6.04 Å². The molecule has 0 radical (unpaired) electrons. The minimum atomic E-state index is -4.60. The zero-order valence-corrected chi connectivity index (χ0v) is 17.0. The van der Waals surface area contributed by atoms with Crippen LogP contribution in [0, 0.1) is 17.0 Å². The number of ether oxygens (including phenoxy) is 1. The summed E-state index contributed by atoms with van der Waals surface area (Å²) in [6.45, 7) is 2.34. The normalized spacial score (nSPS) is 24.2. The topological polar surface area (TPSA) is 105 Å². The highest BCUT2D eigenvalue weighted by atomic mass is 19.4. The van der Waals surface area contributed by atoms with E-state index in [0.717, 1.165) is 0 Å². The molecule has 0 aromatic heterocycles. The molecule has 3 rings (SSSR count). The number of piperazine rings is 1. The number of nitrogens with zero attached hydrogens (tertiary/aromatic N) is 3. The van der Waals surface area contributed by atoms with E-state index in [0.29, 0.717) is 5.56 Å². The maximum absolute atomic E-state index is 13.7. The summed E-state index contributed by atoms with van der Waals surface area (Å²) in [5, 5.41) is 13.4. The van der Waals surface area contributed by atoms with E-state index >= 15 is 0 Å². The predicted octanol–water partition coefficient (Wildman–Crippen LogP) is 2.19. The molecule has 0 bridgehead atoms. The Balaban J connectivity index is 1.76. The molecule has 2 fully saturated rings. The quantitative estimate of drug-likeness (QED) is 0.566. The summed E-state index contributed by atoms with van der Waals surface area (Å²) in [7, 11) is 1.25. The second kappa shape index (κ2) is 8.69. The van der Waals surface area contributed by atoms with Crippen molar-refractivity contribution in [2.45, 2.75) is 37.5 Å². The number of nitro benzene ring substituents is 1. The minimum Gasteiger partial charge on any atom is -0.453 e. The van der Waals surface area contributed by atoms with Crippen LogP contribution in [0.5, 0.6) is 0 Å². The highest BCUT2D eigenvalue weighted by molar-refractivity contribution is 5.83. The van der Waals surface area contributed by atoms with Gasteiger partial charge in [-0.1, -0.05) is 6.07 Å². The van der Waals surface area contributed by atoms with Crippen molar-refractivity contribution in [3.63, 3.8) is 0 Å². The Bertz CT molecular complexity index is 871. The number of alkyl halides is 3. The predicted molar refractivity (Wildman–Crippen MR) is 103 cm³/mol. The number of rotatable bonds is 3. The first-order valence-corrected chi connectivity index (χ1v) is 9.72. The van der Waals surface area contributed by atoms with Gasteiger partial charge >= 0.3 is 12.3 Å². The van der Waals surface area contributed by atoms with Crippen LogP contribution < -0.4 is 5.32 Å². The molecule has 3 atom stereocenters. The van der Waals surface area contributed by atoms with Gasteiger partial charge in [-0.05, 0) is 25.0 Å². The van der Waals surface area contributed by atoms with Gasteiger partial charge in [-0.2, -0.15) is 13.2 Å². The van der Waals surface area contributed by atoms with Crippen LogP contribution in [-0.2, 0) is 9.53 Å². The third-order valence-corrected chi connectivity index (χ3v) is 5.79. The number of benzene rings is 1. The number of methoxy groups -OCH3 is 1. The number of amides is 2. The fourth-order valence-electron chi connectivity index (χ4n) is 4.19. The van der Waals surface area contributed by atoms with E-state index in [4.69, 9.17) is 0 Å². The molecule has 2 amide bonds. The molecule has 170 valence electrons. The van der Waals surface area contributed by atoms with Crippen LogP contribution in [0.2, 0.25) is 0 Å².